The first-order valence-electron chi connectivity index (χ1n) is 11.2. The van der Waals surface area contributed by atoms with Crippen molar-refractivity contribution in [2.24, 2.45) is 0 Å². The van der Waals surface area contributed by atoms with Gasteiger partial charge < -0.3 is 24.8 Å². The highest BCUT2D eigenvalue weighted by Gasteiger charge is 2.46. The van der Waals surface area contributed by atoms with Crippen LogP contribution in [-0.4, -0.2) is 44.9 Å². The van der Waals surface area contributed by atoms with Crippen LogP contribution >= 0.6 is 0 Å². The van der Waals surface area contributed by atoms with E-state index in [1.165, 1.54) is 24.1 Å². The quantitative estimate of drug-likeness (QED) is 0.169. The zero-order chi connectivity index (χ0) is 25.4. The number of hydrogen-bond acceptors (Lipinski definition) is 6. The third kappa shape index (κ3) is 3.88. The van der Waals surface area contributed by atoms with Crippen molar-refractivity contribution in [2.75, 3.05) is 7.11 Å². The van der Waals surface area contributed by atoms with E-state index in [9.17, 15) is 24.6 Å². The number of nitrogens with one attached hydrogen (secondary N) is 1. The Morgan fingerprint density at radius 1 is 1.00 bits per heavy atom. The number of ketones is 1. The number of carbonyl (C=O) groups is 3. The molecule has 1 fully saturated rings. The van der Waals surface area contributed by atoms with Crippen LogP contribution in [0.4, 0.5) is 0 Å². The SMILES string of the molecule is COC(=O)c1ccc(CN2C(=O)C(=O)/C(=C(\O)c3c[nH]c4ccccc34)C2c2ccc(O)cc2)cc1. The van der Waals surface area contributed by atoms with E-state index in [1.807, 2.05) is 24.3 Å². The van der Waals surface area contributed by atoms with Crippen molar-refractivity contribution in [1.29, 1.82) is 0 Å². The molecule has 1 aliphatic rings. The van der Waals surface area contributed by atoms with Gasteiger partial charge in [0.05, 0.1) is 24.3 Å². The first kappa shape index (κ1) is 22.9. The number of esters is 1. The zero-order valence-corrected chi connectivity index (χ0v) is 19.3. The highest BCUT2D eigenvalue weighted by molar-refractivity contribution is 6.46. The summed E-state index contributed by atoms with van der Waals surface area (Å²) in [6.45, 7) is 0.0578. The number of phenols is 1. The van der Waals surface area contributed by atoms with Crippen LogP contribution in [0, 0.1) is 0 Å². The molecule has 4 aromatic rings. The number of aliphatic hydroxyl groups is 1. The predicted molar refractivity (Wildman–Crippen MR) is 132 cm³/mol. The number of aromatic hydroxyl groups is 1. The molecule has 0 aliphatic carbocycles. The Morgan fingerprint density at radius 3 is 2.39 bits per heavy atom. The van der Waals surface area contributed by atoms with E-state index in [1.54, 1.807) is 42.6 Å². The molecule has 8 heteroatoms. The standard InChI is InChI=1S/C28H22N2O6/c1-36-28(35)18-8-6-16(7-9-18)15-30-24(17-10-12-19(31)13-11-17)23(26(33)27(30)34)25(32)21-14-29-22-5-3-2-4-20(21)22/h2-14,24,29,31-32H,15H2,1H3/b25-23-. The van der Waals surface area contributed by atoms with Gasteiger partial charge in [-0.25, -0.2) is 4.79 Å². The van der Waals surface area contributed by atoms with E-state index in [2.05, 4.69) is 4.98 Å². The molecule has 0 saturated carbocycles. The minimum Gasteiger partial charge on any atom is -0.508 e. The van der Waals surface area contributed by atoms with Crippen molar-refractivity contribution in [3.05, 3.63) is 107 Å². The van der Waals surface area contributed by atoms with Crippen LogP contribution in [0.2, 0.25) is 0 Å². The van der Waals surface area contributed by atoms with Crippen LogP contribution in [0.25, 0.3) is 16.7 Å². The maximum absolute atomic E-state index is 13.3. The van der Waals surface area contributed by atoms with Gasteiger partial charge >= 0.3 is 5.97 Å². The van der Waals surface area contributed by atoms with Crippen LogP contribution in [0.15, 0.2) is 84.6 Å². The summed E-state index contributed by atoms with van der Waals surface area (Å²) >= 11 is 0. The van der Waals surface area contributed by atoms with Crippen molar-refractivity contribution >= 4 is 34.3 Å². The fraction of sp³-hybridized carbons (Fsp3) is 0.107. The van der Waals surface area contributed by atoms with Crippen molar-refractivity contribution in [3.8, 4) is 5.75 Å². The van der Waals surface area contributed by atoms with Crippen LogP contribution < -0.4 is 0 Å². The van der Waals surface area contributed by atoms with Crippen LogP contribution in [0.5, 0.6) is 5.75 Å². The Kier molecular flexibility index (Phi) is 5.77. The molecule has 0 radical (unpaired) electrons. The van der Waals surface area contributed by atoms with E-state index in [0.29, 0.717) is 27.6 Å². The van der Waals surface area contributed by atoms with Gasteiger partial charge in [0.2, 0.25) is 0 Å². The topological polar surface area (TPSA) is 120 Å². The van der Waals surface area contributed by atoms with Crippen LogP contribution in [-0.2, 0) is 20.9 Å². The number of Topliss-reactive ketones (excluding diaryl/α,β-unsaturated/α-hetero) is 1. The maximum Gasteiger partial charge on any atom is 0.337 e. The lowest BCUT2D eigenvalue weighted by atomic mass is 9.95. The average molecular weight is 482 g/mol. The summed E-state index contributed by atoms with van der Waals surface area (Å²) in [4.78, 5) is 42.7. The van der Waals surface area contributed by atoms with Gasteiger partial charge in [0.1, 0.15) is 11.5 Å². The van der Waals surface area contributed by atoms with Crippen molar-refractivity contribution in [3.63, 3.8) is 0 Å². The molecule has 1 atom stereocenters. The molecule has 0 spiro atoms. The number of carbonyl (C=O) groups excluding carboxylic acids is 3. The molecule has 36 heavy (non-hydrogen) atoms. The van der Waals surface area contributed by atoms with Gasteiger partial charge in [-0.2, -0.15) is 0 Å². The van der Waals surface area contributed by atoms with Crippen molar-refractivity contribution < 1.29 is 29.3 Å². The summed E-state index contributed by atoms with van der Waals surface area (Å²) in [6, 6.07) is 19.1. The molecule has 5 rings (SSSR count). The van der Waals surface area contributed by atoms with Crippen LogP contribution in [0.1, 0.15) is 33.1 Å². The lowest BCUT2D eigenvalue weighted by molar-refractivity contribution is -0.140. The molecule has 1 amide bonds. The predicted octanol–water partition coefficient (Wildman–Crippen LogP) is 4.28. The summed E-state index contributed by atoms with van der Waals surface area (Å²) in [5, 5.41) is 21.9. The number of H-pyrrole nitrogens is 1. The zero-order valence-electron chi connectivity index (χ0n) is 19.3. The number of fused-ring (bicyclic) bond motifs is 1. The maximum atomic E-state index is 13.3. The smallest absolute Gasteiger partial charge is 0.337 e. The van der Waals surface area contributed by atoms with Gasteiger partial charge in [-0.3, -0.25) is 9.59 Å². The molecule has 3 N–H and O–H groups in total. The molecule has 8 nitrogen and oxygen atoms in total. The molecular formula is C28H22N2O6. The van der Waals surface area contributed by atoms with Crippen LogP contribution in [0.3, 0.4) is 0 Å². The Bertz CT molecular complexity index is 1520. The molecule has 2 heterocycles. The number of rotatable bonds is 5. The highest BCUT2D eigenvalue weighted by Crippen LogP contribution is 2.41. The van der Waals surface area contributed by atoms with E-state index in [-0.39, 0.29) is 23.6 Å². The Balaban J connectivity index is 1.61. The monoisotopic (exact) mass is 482 g/mol. The lowest BCUT2D eigenvalue weighted by Crippen LogP contribution is -2.29. The first-order chi connectivity index (χ1) is 17.4. The second-order valence-electron chi connectivity index (χ2n) is 8.45. The van der Waals surface area contributed by atoms with Gasteiger partial charge in [-0.05, 0) is 41.5 Å². The molecule has 1 saturated heterocycles. The number of methoxy groups -OCH3 is 1. The van der Waals surface area contributed by atoms with Crippen molar-refractivity contribution in [1.82, 2.24) is 9.88 Å². The minimum atomic E-state index is -0.889. The van der Waals surface area contributed by atoms with E-state index >= 15 is 0 Å². The van der Waals surface area contributed by atoms with E-state index in [0.717, 1.165) is 5.52 Å². The summed E-state index contributed by atoms with van der Waals surface area (Å²) in [6.07, 6.45) is 1.60. The van der Waals surface area contributed by atoms with E-state index < -0.39 is 23.7 Å². The number of phenolic OH excluding ortho intramolecular Hbond substituents is 1. The molecule has 1 unspecified atom stereocenters. The summed E-state index contributed by atoms with van der Waals surface area (Å²) in [5.74, 6) is -2.29. The Hall–Kier alpha value is -4.85. The molecule has 3 aromatic carbocycles. The Labute approximate surface area is 206 Å². The van der Waals surface area contributed by atoms with E-state index in [4.69, 9.17) is 4.74 Å². The largest absolute Gasteiger partial charge is 0.508 e. The average Bonchev–Trinajstić information content (AvgIpc) is 3.44. The molecule has 1 aromatic heterocycles. The second-order valence-corrected chi connectivity index (χ2v) is 8.45. The number of aromatic amines is 1. The fourth-order valence-electron chi connectivity index (χ4n) is 4.52. The fourth-order valence-corrected chi connectivity index (χ4v) is 4.52. The molecular weight excluding hydrogens is 460 g/mol. The number of para-hydroxylation sites is 1. The number of nitrogens with zero attached hydrogens (tertiary/aromatic N) is 1. The van der Waals surface area contributed by atoms with Gasteiger partial charge in [-0.1, -0.05) is 42.5 Å². The first-order valence-corrected chi connectivity index (χ1v) is 11.2. The molecule has 1 aliphatic heterocycles. The number of aliphatic hydroxyl groups excluding tert-OH is 1. The normalized spacial score (nSPS) is 17.0. The second kappa shape index (κ2) is 9.07. The van der Waals surface area contributed by atoms with Gasteiger partial charge in [0.15, 0.2) is 0 Å². The number of hydrogen-bond donors (Lipinski definition) is 3. The Morgan fingerprint density at radius 2 is 1.69 bits per heavy atom. The number of likely N-dealkylation sites (tertiary alicyclic amines) is 1. The van der Waals surface area contributed by atoms with Gasteiger partial charge in [-0.15, -0.1) is 0 Å². The van der Waals surface area contributed by atoms with Gasteiger partial charge in [0, 0.05) is 29.2 Å². The van der Waals surface area contributed by atoms with Crippen molar-refractivity contribution in [2.45, 2.75) is 12.6 Å². The summed E-state index contributed by atoms with van der Waals surface area (Å²) in [5.41, 5.74) is 2.74. The molecule has 0 bridgehead atoms. The number of ether oxygens (including phenoxy) is 1. The minimum absolute atomic E-state index is 0.0331. The number of amides is 1. The van der Waals surface area contributed by atoms with Gasteiger partial charge in [0.25, 0.3) is 11.7 Å². The third-order valence-corrected chi connectivity index (χ3v) is 6.32. The highest BCUT2D eigenvalue weighted by atomic mass is 16.5. The number of benzene rings is 3. The third-order valence-electron chi connectivity index (χ3n) is 6.32. The summed E-state index contributed by atoms with van der Waals surface area (Å²) in [7, 11) is 1.29. The molecule has 180 valence electrons. The summed E-state index contributed by atoms with van der Waals surface area (Å²) < 4.78 is 4.73. The lowest BCUT2D eigenvalue weighted by Gasteiger charge is -2.25. The number of aromatic nitrogens is 1.